The number of H-pyrrole nitrogens is 1. The molecular formula is C14H10N2O4. The lowest BCUT2D eigenvalue weighted by Crippen LogP contribution is -2.09. The summed E-state index contributed by atoms with van der Waals surface area (Å²) < 4.78 is 0. The van der Waals surface area contributed by atoms with Crippen molar-refractivity contribution in [2.75, 3.05) is 0 Å². The number of rotatable bonds is 1. The second kappa shape index (κ2) is 4.27. The van der Waals surface area contributed by atoms with Gasteiger partial charge in [-0.15, -0.1) is 0 Å². The largest absolute Gasteiger partial charge is 0.508 e. The van der Waals surface area contributed by atoms with Crippen molar-refractivity contribution in [2.24, 2.45) is 0 Å². The molecule has 3 aromatic rings. The van der Waals surface area contributed by atoms with Crippen molar-refractivity contribution < 1.29 is 15.3 Å². The Bertz CT molecular complexity index is 850. The molecule has 0 saturated heterocycles. The number of nitrogens with one attached hydrogen (secondary N) is 1. The van der Waals surface area contributed by atoms with E-state index in [9.17, 15) is 20.1 Å². The van der Waals surface area contributed by atoms with Crippen LogP contribution >= 0.6 is 0 Å². The van der Waals surface area contributed by atoms with Crippen LogP contribution < -0.4 is 5.56 Å². The van der Waals surface area contributed by atoms with Gasteiger partial charge >= 0.3 is 0 Å². The van der Waals surface area contributed by atoms with Gasteiger partial charge in [0, 0.05) is 11.6 Å². The van der Waals surface area contributed by atoms with E-state index in [1.54, 1.807) is 0 Å². The van der Waals surface area contributed by atoms with E-state index in [1.165, 1.54) is 36.4 Å². The molecule has 0 spiro atoms. The first-order valence-electron chi connectivity index (χ1n) is 5.79. The van der Waals surface area contributed by atoms with Crippen LogP contribution in [0.3, 0.4) is 0 Å². The fourth-order valence-electron chi connectivity index (χ4n) is 2.00. The quantitative estimate of drug-likeness (QED) is 0.538. The molecule has 0 atom stereocenters. The second-order valence-corrected chi connectivity index (χ2v) is 4.35. The first-order valence-corrected chi connectivity index (χ1v) is 5.79. The Labute approximate surface area is 112 Å². The summed E-state index contributed by atoms with van der Waals surface area (Å²) in [4.78, 5) is 18.8. The van der Waals surface area contributed by atoms with E-state index in [0.29, 0.717) is 11.1 Å². The van der Waals surface area contributed by atoms with E-state index in [2.05, 4.69) is 9.97 Å². The SMILES string of the molecule is O=c1[nH]c(-c2cc(O)cc(O)c2)nc2ccc(O)cc12. The molecule has 1 heterocycles. The number of phenolic OH excluding ortho intramolecular Hbond substituents is 3. The Hall–Kier alpha value is -3.02. The predicted molar refractivity (Wildman–Crippen MR) is 72.8 cm³/mol. The topological polar surface area (TPSA) is 106 Å². The lowest BCUT2D eigenvalue weighted by Gasteiger charge is -2.05. The van der Waals surface area contributed by atoms with Crippen molar-refractivity contribution in [2.45, 2.75) is 0 Å². The van der Waals surface area contributed by atoms with Crippen molar-refractivity contribution in [1.82, 2.24) is 9.97 Å². The average molecular weight is 270 g/mol. The third-order valence-electron chi connectivity index (χ3n) is 2.86. The molecule has 4 N–H and O–H groups in total. The van der Waals surface area contributed by atoms with Gasteiger partial charge in [-0.2, -0.15) is 0 Å². The van der Waals surface area contributed by atoms with Crippen molar-refractivity contribution in [3.05, 3.63) is 46.8 Å². The molecule has 0 aliphatic carbocycles. The molecule has 6 nitrogen and oxygen atoms in total. The van der Waals surface area contributed by atoms with Crippen molar-refractivity contribution in [3.63, 3.8) is 0 Å². The fraction of sp³-hybridized carbons (Fsp3) is 0. The van der Waals surface area contributed by atoms with Gasteiger partial charge in [-0.05, 0) is 30.3 Å². The average Bonchev–Trinajstić information content (AvgIpc) is 2.38. The van der Waals surface area contributed by atoms with Crippen LogP contribution in [0.15, 0.2) is 41.2 Å². The number of fused-ring (bicyclic) bond motifs is 1. The van der Waals surface area contributed by atoms with Gasteiger partial charge in [-0.3, -0.25) is 4.79 Å². The van der Waals surface area contributed by atoms with E-state index >= 15 is 0 Å². The number of aromatic amines is 1. The summed E-state index contributed by atoms with van der Waals surface area (Å²) in [6.45, 7) is 0. The van der Waals surface area contributed by atoms with Gasteiger partial charge < -0.3 is 20.3 Å². The summed E-state index contributed by atoms with van der Waals surface area (Å²) in [6, 6.07) is 8.21. The third kappa shape index (κ3) is 2.03. The maximum absolute atomic E-state index is 12.0. The molecule has 0 aliphatic heterocycles. The molecule has 100 valence electrons. The van der Waals surface area contributed by atoms with Crippen molar-refractivity contribution >= 4 is 10.9 Å². The highest BCUT2D eigenvalue weighted by atomic mass is 16.3. The minimum atomic E-state index is -0.413. The maximum atomic E-state index is 12.0. The van der Waals surface area contributed by atoms with Crippen LogP contribution in [-0.4, -0.2) is 25.3 Å². The molecule has 20 heavy (non-hydrogen) atoms. The van der Waals surface area contributed by atoms with E-state index in [4.69, 9.17) is 0 Å². The molecule has 2 aromatic carbocycles. The van der Waals surface area contributed by atoms with Crippen LogP contribution in [0.5, 0.6) is 17.2 Å². The summed E-state index contributed by atoms with van der Waals surface area (Å²) in [6.07, 6.45) is 0. The highest BCUT2D eigenvalue weighted by molar-refractivity contribution is 5.81. The van der Waals surface area contributed by atoms with Gasteiger partial charge in [0.15, 0.2) is 0 Å². The normalized spacial score (nSPS) is 10.8. The van der Waals surface area contributed by atoms with Gasteiger partial charge in [-0.1, -0.05) is 0 Å². The molecule has 1 aromatic heterocycles. The van der Waals surface area contributed by atoms with Gasteiger partial charge in [0.05, 0.1) is 10.9 Å². The van der Waals surface area contributed by atoms with Crippen molar-refractivity contribution in [3.8, 4) is 28.6 Å². The minimum absolute atomic E-state index is 0.0208. The molecule has 0 amide bonds. The zero-order valence-corrected chi connectivity index (χ0v) is 10.2. The van der Waals surface area contributed by atoms with Crippen LogP contribution in [0.1, 0.15) is 0 Å². The van der Waals surface area contributed by atoms with E-state index in [1.807, 2.05) is 0 Å². The lowest BCUT2D eigenvalue weighted by atomic mass is 10.1. The Morgan fingerprint density at radius 1 is 0.900 bits per heavy atom. The molecule has 6 heteroatoms. The van der Waals surface area contributed by atoms with Crippen LogP contribution in [0.2, 0.25) is 0 Å². The Morgan fingerprint density at radius 2 is 1.60 bits per heavy atom. The van der Waals surface area contributed by atoms with Gasteiger partial charge in [0.1, 0.15) is 23.1 Å². The summed E-state index contributed by atoms with van der Waals surface area (Å²) in [5, 5.41) is 28.6. The fourth-order valence-corrected chi connectivity index (χ4v) is 2.00. The highest BCUT2D eigenvalue weighted by Gasteiger charge is 2.08. The number of hydrogen-bond acceptors (Lipinski definition) is 5. The zero-order valence-electron chi connectivity index (χ0n) is 10.2. The number of benzene rings is 2. The summed E-state index contributed by atoms with van der Waals surface area (Å²) in [5.41, 5.74) is 0.377. The van der Waals surface area contributed by atoms with Gasteiger partial charge in [0.25, 0.3) is 5.56 Å². The van der Waals surface area contributed by atoms with Gasteiger partial charge in [0.2, 0.25) is 0 Å². The number of hydrogen-bond donors (Lipinski definition) is 4. The first kappa shape index (κ1) is 12.0. The maximum Gasteiger partial charge on any atom is 0.259 e. The monoisotopic (exact) mass is 270 g/mol. The summed E-state index contributed by atoms with van der Waals surface area (Å²) in [7, 11) is 0. The lowest BCUT2D eigenvalue weighted by molar-refractivity contribution is 0.451. The standard InChI is InChI=1S/C14H10N2O4/c17-8-1-2-12-11(6-8)14(20)16-13(15-12)7-3-9(18)5-10(19)4-7/h1-6,17-19H,(H,15,16,20). The number of aromatic hydroxyl groups is 3. The molecule has 3 rings (SSSR count). The number of nitrogens with zero attached hydrogens (tertiary/aromatic N) is 1. The van der Waals surface area contributed by atoms with E-state index < -0.39 is 5.56 Å². The zero-order chi connectivity index (χ0) is 14.3. The molecule has 0 unspecified atom stereocenters. The molecule has 0 bridgehead atoms. The van der Waals surface area contributed by atoms with Crippen LogP contribution in [0.4, 0.5) is 0 Å². The molecular weight excluding hydrogens is 260 g/mol. The minimum Gasteiger partial charge on any atom is -0.508 e. The van der Waals surface area contributed by atoms with E-state index in [-0.39, 0.29) is 28.5 Å². The van der Waals surface area contributed by atoms with Crippen LogP contribution in [0.25, 0.3) is 22.3 Å². The number of aromatic nitrogens is 2. The van der Waals surface area contributed by atoms with E-state index in [0.717, 1.165) is 0 Å². The Balaban J connectivity index is 2.27. The Morgan fingerprint density at radius 3 is 2.30 bits per heavy atom. The first-order chi connectivity index (χ1) is 9.52. The Kier molecular flexibility index (Phi) is 2.57. The molecule has 0 radical (unpaired) electrons. The predicted octanol–water partition coefficient (Wildman–Crippen LogP) is 1.71. The summed E-state index contributed by atoms with van der Waals surface area (Å²) >= 11 is 0. The number of phenols is 3. The second-order valence-electron chi connectivity index (χ2n) is 4.35. The third-order valence-corrected chi connectivity index (χ3v) is 2.86. The molecule has 0 fully saturated rings. The molecule has 0 aliphatic rings. The van der Waals surface area contributed by atoms with Crippen LogP contribution in [0, 0.1) is 0 Å². The highest BCUT2D eigenvalue weighted by Crippen LogP contribution is 2.26. The van der Waals surface area contributed by atoms with Gasteiger partial charge in [-0.25, -0.2) is 4.98 Å². The summed E-state index contributed by atoms with van der Waals surface area (Å²) in [5.74, 6) is -0.0613. The van der Waals surface area contributed by atoms with Crippen LogP contribution in [-0.2, 0) is 0 Å². The van der Waals surface area contributed by atoms with Crippen molar-refractivity contribution in [1.29, 1.82) is 0 Å². The smallest absolute Gasteiger partial charge is 0.259 e. The molecule has 0 saturated carbocycles.